The lowest BCUT2D eigenvalue weighted by Gasteiger charge is -2.26. The van der Waals surface area contributed by atoms with E-state index in [1.54, 1.807) is 11.6 Å². The monoisotopic (exact) mass is 478 g/mol. The second-order valence-electron chi connectivity index (χ2n) is 10.1. The van der Waals surface area contributed by atoms with Crippen molar-refractivity contribution < 1.29 is 5.11 Å². The van der Waals surface area contributed by atoms with Crippen molar-refractivity contribution >= 4 is 11.5 Å². The minimum absolute atomic E-state index is 0.231. The number of aromatic nitrogens is 2. The van der Waals surface area contributed by atoms with Crippen molar-refractivity contribution in [2.75, 3.05) is 62.8 Å². The van der Waals surface area contributed by atoms with E-state index < -0.39 is 0 Å². The molecule has 34 heavy (non-hydrogen) atoms. The minimum Gasteiger partial charge on any atom is -0.392 e. The van der Waals surface area contributed by atoms with E-state index in [-0.39, 0.29) is 17.4 Å². The minimum atomic E-state index is -0.359. The molecule has 9 heteroatoms. The Balaban J connectivity index is 1.18. The Bertz CT molecular complexity index is 848. The van der Waals surface area contributed by atoms with Crippen LogP contribution >= 0.6 is 0 Å². The van der Waals surface area contributed by atoms with Crippen molar-refractivity contribution in [1.29, 1.82) is 0 Å². The lowest BCUT2D eigenvalue weighted by atomic mass is 10.1. The predicted molar refractivity (Wildman–Crippen MR) is 139 cm³/mol. The molecule has 9 nitrogen and oxygen atoms in total. The Labute approximate surface area is 204 Å². The molecular formula is C25H46N6O3. The number of aromatic amines is 1. The fourth-order valence-corrected chi connectivity index (χ4v) is 5.23. The van der Waals surface area contributed by atoms with E-state index in [0.29, 0.717) is 18.9 Å². The number of likely N-dealkylation sites (tertiary alicyclic amines) is 1. The molecule has 0 spiro atoms. The fourth-order valence-electron chi connectivity index (χ4n) is 5.23. The standard InChI is InChI=1S/C25H46N6O3/c1-28-20-31(24-22(28)23(33)27-25(34)29(24)2)17-12-7-5-3-4-6-9-13-21(32)19-26-14-18-30-15-10-8-11-16-30/h21,26,32H,3-20H2,1-2H3,(H,27,33,34). The van der Waals surface area contributed by atoms with Gasteiger partial charge in [-0.3, -0.25) is 14.3 Å². The molecular weight excluding hydrogens is 432 g/mol. The number of piperidine rings is 1. The number of aliphatic hydroxyl groups excluding tert-OH is 1. The Kier molecular flexibility index (Phi) is 10.9. The molecule has 1 unspecified atom stereocenters. The lowest BCUT2D eigenvalue weighted by molar-refractivity contribution is 0.154. The quantitative estimate of drug-likeness (QED) is 0.331. The average molecular weight is 479 g/mol. The van der Waals surface area contributed by atoms with Gasteiger partial charge in [-0.05, 0) is 38.8 Å². The summed E-state index contributed by atoms with van der Waals surface area (Å²) >= 11 is 0. The third-order valence-corrected chi connectivity index (χ3v) is 7.23. The number of fused-ring (bicyclic) bond motifs is 1. The zero-order chi connectivity index (χ0) is 24.3. The number of nitrogens with one attached hydrogen (secondary N) is 2. The summed E-state index contributed by atoms with van der Waals surface area (Å²) in [5.74, 6) is 0.732. The lowest BCUT2D eigenvalue weighted by Crippen LogP contribution is -2.37. The first-order valence-electron chi connectivity index (χ1n) is 13.4. The smallest absolute Gasteiger partial charge is 0.329 e. The second kappa shape index (κ2) is 13.9. The number of aliphatic hydroxyl groups is 1. The SMILES string of the molecule is CN1CN(CCCCCCCCCC(O)CNCCN2CCCCC2)c2c1c(=O)[nH]c(=O)n2C. The van der Waals surface area contributed by atoms with Crippen LogP contribution in [0, 0.1) is 0 Å². The number of unbranched alkanes of at least 4 members (excludes halogenated alkanes) is 6. The van der Waals surface area contributed by atoms with Crippen LogP contribution < -0.4 is 26.4 Å². The van der Waals surface area contributed by atoms with E-state index in [0.717, 1.165) is 51.1 Å². The summed E-state index contributed by atoms with van der Waals surface area (Å²) in [6, 6.07) is 0. The third-order valence-electron chi connectivity index (χ3n) is 7.23. The fraction of sp³-hybridized carbons (Fsp3) is 0.840. The highest BCUT2D eigenvalue weighted by molar-refractivity contribution is 5.71. The van der Waals surface area contributed by atoms with Crippen LogP contribution in [0.4, 0.5) is 11.5 Å². The van der Waals surface area contributed by atoms with Gasteiger partial charge in [-0.25, -0.2) is 4.79 Å². The van der Waals surface area contributed by atoms with Crippen LogP contribution in [0.15, 0.2) is 9.59 Å². The van der Waals surface area contributed by atoms with Crippen molar-refractivity contribution in [3.8, 4) is 0 Å². The number of rotatable bonds is 15. The first kappa shape index (κ1) is 26.8. The zero-order valence-electron chi connectivity index (χ0n) is 21.4. The third kappa shape index (κ3) is 7.85. The van der Waals surface area contributed by atoms with Crippen LogP contribution in [0.5, 0.6) is 0 Å². The Morgan fingerprint density at radius 3 is 2.35 bits per heavy atom. The van der Waals surface area contributed by atoms with Gasteiger partial charge < -0.3 is 25.1 Å². The van der Waals surface area contributed by atoms with Crippen molar-refractivity contribution in [3.63, 3.8) is 0 Å². The maximum atomic E-state index is 12.2. The highest BCUT2D eigenvalue weighted by Crippen LogP contribution is 2.29. The van der Waals surface area contributed by atoms with Gasteiger partial charge in [0.2, 0.25) is 0 Å². The molecule has 0 aromatic carbocycles. The molecule has 1 atom stereocenters. The molecule has 1 fully saturated rings. The molecule has 1 saturated heterocycles. The van der Waals surface area contributed by atoms with Crippen LogP contribution in [0.3, 0.4) is 0 Å². The number of nitrogens with zero attached hydrogens (tertiary/aromatic N) is 4. The second-order valence-corrected chi connectivity index (χ2v) is 10.1. The summed E-state index contributed by atoms with van der Waals surface area (Å²) < 4.78 is 1.54. The average Bonchev–Trinajstić information content (AvgIpc) is 3.16. The van der Waals surface area contributed by atoms with Gasteiger partial charge in [0.25, 0.3) is 5.56 Å². The maximum Gasteiger partial charge on any atom is 0.329 e. The van der Waals surface area contributed by atoms with Crippen molar-refractivity contribution in [3.05, 3.63) is 20.8 Å². The van der Waals surface area contributed by atoms with Gasteiger partial charge in [-0.1, -0.05) is 44.9 Å². The summed E-state index contributed by atoms with van der Waals surface area (Å²) in [6.45, 7) is 6.75. The molecule has 3 rings (SSSR count). The normalized spacial score (nSPS) is 17.4. The Hall–Kier alpha value is -1.84. The highest BCUT2D eigenvalue weighted by Gasteiger charge is 2.28. The predicted octanol–water partition coefficient (Wildman–Crippen LogP) is 1.84. The Morgan fingerprint density at radius 2 is 1.62 bits per heavy atom. The van der Waals surface area contributed by atoms with Crippen LogP contribution in [-0.2, 0) is 7.05 Å². The van der Waals surface area contributed by atoms with Gasteiger partial charge in [0.1, 0.15) is 11.5 Å². The van der Waals surface area contributed by atoms with Crippen molar-refractivity contribution in [1.82, 2.24) is 19.8 Å². The van der Waals surface area contributed by atoms with E-state index in [1.807, 2.05) is 11.9 Å². The van der Waals surface area contributed by atoms with E-state index in [2.05, 4.69) is 20.1 Å². The molecule has 0 amide bonds. The van der Waals surface area contributed by atoms with Gasteiger partial charge in [0.15, 0.2) is 0 Å². The number of hydrogen-bond acceptors (Lipinski definition) is 7. The van der Waals surface area contributed by atoms with E-state index >= 15 is 0 Å². The molecule has 194 valence electrons. The van der Waals surface area contributed by atoms with E-state index in [1.165, 1.54) is 58.0 Å². The topological polar surface area (TPSA) is 96.8 Å². The van der Waals surface area contributed by atoms with E-state index in [4.69, 9.17) is 0 Å². The maximum absolute atomic E-state index is 12.2. The van der Waals surface area contributed by atoms with Crippen LogP contribution in [0.25, 0.3) is 0 Å². The summed E-state index contributed by atoms with van der Waals surface area (Å²) in [4.78, 5) is 33.1. The number of hydrogen-bond donors (Lipinski definition) is 3. The summed E-state index contributed by atoms with van der Waals surface area (Å²) in [7, 11) is 3.60. The molecule has 0 radical (unpaired) electrons. The summed E-state index contributed by atoms with van der Waals surface area (Å²) in [5.41, 5.74) is -0.0784. The zero-order valence-corrected chi connectivity index (χ0v) is 21.4. The van der Waals surface area contributed by atoms with Crippen LogP contribution in [0.1, 0.15) is 70.6 Å². The van der Waals surface area contributed by atoms with Gasteiger partial charge in [-0.2, -0.15) is 0 Å². The first-order valence-corrected chi connectivity index (χ1v) is 13.4. The number of H-pyrrole nitrogens is 1. The Morgan fingerprint density at radius 1 is 0.941 bits per heavy atom. The molecule has 1 aromatic rings. The highest BCUT2D eigenvalue weighted by atomic mass is 16.3. The first-order chi connectivity index (χ1) is 16.5. The van der Waals surface area contributed by atoms with Crippen molar-refractivity contribution in [2.45, 2.75) is 76.7 Å². The molecule has 3 N–H and O–H groups in total. The van der Waals surface area contributed by atoms with Crippen LogP contribution in [-0.4, -0.2) is 78.6 Å². The molecule has 2 aliphatic rings. The van der Waals surface area contributed by atoms with E-state index in [9.17, 15) is 14.7 Å². The molecule has 2 aliphatic heterocycles. The largest absolute Gasteiger partial charge is 0.392 e. The molecule has 1 aromatic heterocycles. The van der Waals surface area contributed by atoms with Gasteiger partial charge >= 0.3 is 5.69 Å². The van der Waals surface area contributed by atoms with Crippen molar-refractivity contribution in [2.24, 2.45) is 7.05 Å². The molecule has 3 heterocycles. The molecule has 0 aliphatic carbocycles. The summed E-state index contributed by atoms with van der Waals surface area (Å²) in [5, 5.41) is 13.6. The van der Waals surface area contributed by atoms with Gasteiger partial charge in [-0.15, -0.1) is 0 Å². The van der Waals surface area contributed by atoms with Gasteiger partial charge in [0, 0.05) is 40.3 Å². The summed E-state index contributed by atoms with van der Waals surface area (Å²) in [6.07, 6.45) is 12.8. The molecule has 0 saturated carbocycles. The molecule has 0 bridgehead atoms. The number of anilines is 2. The van der Waals surface area contributed by atoms with Crippen LogP contribution in [0.2, 0.25) is 0 Å². The van der Waals surface area contributed by atoms with Gasteiger partial charge in [0.05, 0.1) is 12.8 Å².